The highest BCUT2D eigenvalue weighted by atomic mass is 14.9. The summed E-state index contributed by atoms with van der Waals surface area (Å²) >= 11 is 0. The van der Waals surface area contributed by atoms with E-state index in [1.165, 1.54) is 36.2 Å². The van der Waals surface area contributed by atoms with E-state index in [9.17, 15) is 0 Å². The first-order chi connectivity index (χ1) is 7.70. The molecule has 1 N–H and O–H groups in total. The van der Waals surface area contributed by atoms with Crippen molar-refractivity contribution < 1.29 is 0 Å². The predicted molar refractivity (Wildman–Crippen MR) is 65.6 cm³/mol. The predicted octanol–water partition coefficient (Wildman–Crippen LogP) is 1.81. The average Bonchev–Trinajstić information content (AvgIpc) is 2.29. The van der Waals surface area contributed by atoms with Gasteiger partial charge in [0.15, 0.2) is 0 Å². The van der Waals surface area contributed by atoms with Gasteiger partial charge in [-0.2, -0.15) is 0 Å². The van der Waals surface area contributed by atoms with Crippen molar-refractivity contribution in [3.05, 3.63) is 22.8 Å². The summed E-state index contributed by atoms with van der Waals surface area (Å²) in [7, 11) is 1.98. The van der Waals surface area contributed by atoms with Crippen LogP contribution in [0.15, 0.2) is 0 Å². The van der Waals surface area contributed by atoms with E-state index in [1.54, 1.807) is 0 Å². The van der Waals surface area contributed by atoms with Crippen LogP contribution in [0.3, 0.4) is 0 Å². The molecule has 1 unspecified atom stereocenters. The molecule has 0 radical (unpaired) electrons. The van der Waals surface area contributed by atoms with Crippen LogP contribution in [0.1, 0.15) is 42.5 Å². The van der Waals surface area contributed by atoms with Crippen molar-refractivity contribution in [2.75, 3.05) is 7.05 Å². The molecule has 0 aromatic carbocycles. The van der Waals surface area contributed by atoms with E-state index in [-0.39, 0.29) is 0 Å². The molecule has 1 aromatic heterocycles. The van der Waals surface area contributed by atoms with Gasteiger partial charge in [0.2, 0.25) is 0 Å². The molecule has 2 rings (SSSR count). The highest BCUT2D eigenvalue weighted by Crippen LogP contribution is 2.21. The number of nitrogens with one attached hydrogen (secondary N) is 1. The molecule has 88 valence electrons. The fraction of sp³-hybridized carbons (Fsp3) is 0.692. The lowest BCUT2D eigenvalue weighted by molar-refractivity contribution is 0.578. The van der Waals surface area contributed by atoms with Crippen LogP contribution in [0, 0.1) is 6.92 Å². The summed E-state index contributed by atoms with van der Waals surface area (Å²) in [5.41, 5.74) is 3.91. The molecular weight excluding hydrogens is 198 g/mol. The van der Waals surface area contributed by atoms with Crippen molar-refractivity contribution in [2.45, 2.75) is 52.0 Å². The Balaban J connectivity index is 2.24. The first-order valence-electron chi connectivity index (χ1n) is 6.23. The fourth-order valence-corrected chi connectivity index (χ4v) is 2.31. The van der Waals surface area contributed by atoms with Crippen molar-refractivity contribution >= 4 is 0 Å². The summed E-state index contributed by atoms with van der Waals surface area (Å²) in [5, 5.41) is 3.23. The molecular formula is C13H21N3. The summed E-state index contributed by atoms with van der Waals surface area (Å²) in [6, 6.07) is 0.445. The van der Waals surface area contributed by atoms with Crippen molar-refractivity contribution in [1.82, 2.24) is 15.3 Å². The van der Waals surface area contributed by atoms with Crippen LogP contribution in [0.5, 0.6) is 0 Å². The van der Waals surface area contributed by atoms with Gasteiger partial charge in [-0.3, -0.25) is 0 Å². The molecule has 1 aliphatic carbocycles. The molecule has 1 atom stereocenters. The number of fused-ring (bicyclic) bond motifs is 1. The van der Waals surface area contributed by atoms with Crippen LogP contribution in [-0.4, -0.2) is 23.1 Å². The highest BCUT2D eigenvalue weighted by Gasteiger charge is 2.15. The topological polar surface area (TPSA) is 37.8 Å². The second-order valence-electron chi connectivity index (χ2n) is 4.75. The third-order valence-electron chi connectivity index (χ3n) is 3.42. The molecule has 0 saturated carbocycles. The zero-order chi connectivity index (χ0) is 11.5. The van der Waals surface area contributed by atoms with E-state index in [2.05, 4.69) is 24.1 Å². The number of hydrogen-bond donors (Lipinski definition) is 1. The van der Waals surface area contributed by atoms with Crippen LogP contribution in [0.2, 0.25) is 0 Å². The van der Waals surface area contributed by atoms with E-state index in [0.29, 0.717) is 6.04 Å². The SMILES string of the molecule is CNC(C)Cc1nc(C)c2c(n1)CCCC2. The largest absolute Gasteiger partial charge is 0.317 e. The minimum Gasteiger partial charge on any atom is -0.317 e. The maximum absolute atomic E-state index is 4.71. The molecule has 1 aromatic rings. The molecule has 3 heteroatoms. The standard InChI is InChI=1S/C13H21N3/c1-9(14-3)8-13-15-10(2)11-6-4-5-7-12(11)16-13/h9,14H,4-8H2,1-3H3. The lowest BCUT2D eigenvalue weighted by Gasteiger charge is -2.18. The van der Waals surface area contributed by atoms with Crippen LogP contribution in [0.25, 0.3) is 0 Å². The molecule has 0 aliphatic heterocycles. The number of aryl methyl sites for hydroxylation is 2. The lowest BCUT2D eigenvalue weighted by atomic mass is 9.95. The highest BCUT2D eigenvalue weighted by molar-refractivity contribution is 5.27. The summed E-state index contributed by atoms with van der Waals surface area (Å²) in [6.45, 7) is 4.29. The summed E-state index contributed by atoms with van der Waals surface area (Å²) in [5.74, 6) is 1.00. The molecule has 0 amide bonds. The average molecular weight is 219 g/mol. The van der Waals surface area contributed by atoms with E-state index >= 15 is 0 Å². The Bertz CT molecular complexity index is 374. The summed E-state index contributed by atoms with van der Waals surface area (Å²) < 4.78 is 0. The molecule has 3 nitrogen and oxygen atoms in total. The minimum absolute atomic E-state index is 0.445. The Morgan fingerprint density at radius 1 is 1.25 bits per heavy atom. The van der Waals surface area contributed by atoms with Gasteiger partial charge in [0.1, 0.15) is 5.82 Å². The Hall–Kier alpha value is -0.960. The van der Waals surface area contributed by atoms with E-state index in [0.717, 1.165) is 18.7 Å². The van der Waals surface area contributed by atoms with Gasteiger partial charge in [0, 0.05) is 23.9 Å². The van der Waals surface area contributed by atoms with E-state index in [4.69, 9.17) is 4.98 Å². The molecule has 16 heavy (non-hydrogen) atoms. The van der Waals surface area contributed by atoms with Gasteiger partial charge in [-0.15, -0.1) is 0 Å². The normalized spacial score (nSPS) is 16.9. The minimum atomic E-state index is 0.445. The number of likely N-dealkylation sites (N-methyl/N-ethyl adjacent to an activating group) is 1. The van der Waals surface area contributed by atoms with Gasteiger partial charge in [0.25, 0.3) is 0 Å². The van der Waals surface area contributed by atoms with Crippen LogP contribution < -0.4 is 5.32 Å². The smallest absolute Gasteiger partial charge is 0.130 e. The van der Waals surface area contributed by atoms with Gasteiger partial charge in [-0.05, 0) is 52.1 Å². The Morgan fingerprint density at radius 3 is 2.75 bits per heavy atom. The van der Waals surface area contributed by atoms with Gasteiger partial charge in [-0.25, -0.2) is 9.97 Å². The van der Waals surface area contributed by atoms with E-state index in [1.807, 2.05) is 7.05 Å². The van der Waals surface area contributed by atoms with Crippen molar-refractivity contribution in [3.8, 4) is 0 Å². The molecule has 0 fully saturated rings. The first kappa shape index (κ1) is 11.5. The zero-order valence-corrected chi connectivity index (χ0v) is 10.5. The maximum Gasteiger partial charge on any atom is 0.130 e. The molecule has 0 saturated heterocycles. The quantitative estimate of drug-likeness (QED) is 0.842. The third kappa shape index (κ3) is 2.40. The van der Waals surface area contributed by atoms with Crippen molar-refractivity contribution in [2.24, 2.45) is 0 Å². The molecule has 1 aliphatic rings. The van der Waals surface area contributed by atoms with E-state index < -0.39 is 0 Å². The molecule has 0 spiro atoms. The number of nitrogens with zero attached hydrogens (tertiary/aromatic N) is 2. The van der Waals surface area contributed by atoms with Gasteiger partial charge in [-0.1, -0.05) is 0 Å². The van der Waals surface area contributed by atoms with Crippen LogP contribution >= 0.6 is 0 Å². The molecule has 1 heterocycles. The summed E-state index contributed by atoms with van der Waals surface area (Å²) in [6.07, 6.45) is 5.81. The second kappa shape index (κ2) is 4.91. The van der Waals surface area contributed by atoms with Gasteiger partial charge >= 0.3 is 0 Å². The third-order valence-corrected chi connectivity index (χ3v) is 3.42. The second-order valence-corrected chi connectivity index (χ2v) is 4.75. The van der Waals surface area contributed by atoms with Crippen LogP contribution in [0.4, 0.5) is 0 Å². The van der Waals surface area contributed by atoms with Crippen LogP contribution in [-0.2, 0) is 19.3 Å². The van der Waals surface area contributed by atoms with Crippen molar-refractivity contribution in [3.63, 3.8) is 0 Å². The first-order valence-corrected chi connectivity index (χ1v) is 6.23. The number of aromatic nitrogens is 2. The fourth-order valence-electron chi connectivity index (χ4n) is 2.31. The van der Waals surface area contributed by atoms with Gasteiger partial charge < -0.3 is 5.32 Å². The maximum atomic E-state index is 4.71. The summed E-state index contributed by atoms with van der Waals surface area (Å²) in [4.78, 5) is 9.33. The Kier molecular flexibility index (Phi) is 3.54. The monoisotopic (exact) mass is 219 g/mol. The zero-order valence-electron chi connectivity index (χ0n) is 10.5. The number of rotatable bonds is 3. The Labute approximate surface area is 97.7 Å². The van der Waals surface area contributed by atoms with Crippen molar-refractivity contribution in [1.29, 1.82) is 0 Å². The van der Waals surface area contributed by atoms with Gasteiger partial charge in [0.05, 0.1) is 0 Å². The number of hydrogen-bond acceptors (Lipinski definition) is 3. The lowest BCUT2D eigenvalue weighted by Crippen LogP contribution is -2.25. The molecule has 0 bridgehead atoms. The Morgan fingerprint density at radius 2 is 2.00 bits per heavy atom.